The van der Waals surface area contributed by atoms with Crippen LogP contribution in [0.15, 0.2) is 0 Å². The number of carbonyl (C=O) groups excluding carboxylic acids is 1. The van der Waals surface area contributed by atoms with Gasteiger partial charge in [0.15, 0.2) is 0 Å². The Kier molecular flexibility index (Phi) is 1.65. The van der Waals surface area contributed by atoms with Gasteiger partial charge in [0, 0.05) is 5.54 Å². The molecule has 2 aliphatic rings. The van der Waals surface area contributed by atoms with E-state index in [0.29, 0.717) is 0 Å². The van der Waals surface area contributed by atoms with Crippen molar-refractivity contribution in [1.29, 1.82) is 0 Å². The highest BCUT2D eigenvalue weighted by atomic mass is 16.2. The molecule has 0 radical (unpaired) electrons. The normalized spacial score (nSPS) is 27.8. The number of hydrogen-bond acceptors (Lipinski definition) is 2. The fourth-order valence-corrected chi connectivity index (χ4v) is 1.77. The van der Waals surface area contributed by atoms with Crippen LogP contribution in [-0.2, 0) is 4.79 Å². The molecule has 1 amide bonds. The van der Waals surface area contributed by atoms with Crippen molar-refractivity contribution in [3.8, 4) is 0 Å². The van der Waals surface area contributed by atoms with Crippen molar-refractivity contribution in [1.82, 2.24) is 5.32 Å². The lowest BCUT2D eigenvalue weighted by Crippen LogP contribution is -2.46. The molecule has 1 atom stereocenters. The molecule has 0 saturated heterocycles. The second-order valence-corrected chi connectivity index (χ2v) is 4.21. The van der Waals surface area contributed by atoms with Crippen LogP contribution in [0, 0.1) is 5.92 Å². The van der Waals surface area contributed by atoms with Crippen LogP contribution >= 0.6 is 0 Å². The molecule has 68 valence electrons. The predicted molar refractivity (Wildman–Crippen MR) is 46.5 cm³/mol. The van der Waals surface area contributed by atoms with Gasteiger partial charge in [0.1, 0.15) is 0 Å². The summed E-state index contributed by atoms with van der Waals surface area (Å²) in [5, 5.41) is 3.06. The number of nitrogens with two attached hydrogens (primary N) is 1. The fraction of sp³-hybridized carbons (Fsp3) is 0.889. The van der Waals surface area contributed by atoms with Crippen molar-refractivity contribution in [3.63, 3.8) is 0 Å². The van der Waals surface area contributed by atoms with Crippen molar-refractivity contribution in [3.05, 3.63) is 0 Å². The summed E-state index contributed by atoms with van der Waals surface area (Å²) in [6, 6.07) is -0.360. The molecule has 0 heterocycles. The van der Waals surface area contributed by atoms with Gasteiger partial charge >= 0.3 is 0 Å². The lowest BCUT2D eigenvalue weighted by molar-refractivity contribution is -0.123. The molecule has 2 fully saturated rings. The van der Waals surface area contributed by atoms with Gasteiger partial charge in [0.05, 0.1) is 6.04 Å². The molecular weight excluding hydrogens is 152 g/mol. The average molecular weight is 168 g/mol. The summed E-state index contributed by atoms with van der Waals surface area (Å²) in [6.07, 6.45) is 4.91. The van der Waals surface area contributed by atoms with Crippen LogP contribution in [0.25, 0.3) is 0 Å². The van der Waals surface area contributed by atoms with Crippen LogP contribution in [0.5, 0.6) is 0 Å². The van der Waals surface area contributed by atoms with Crippen molar-refractivity contribution in [2.75, 3.05) is 0 Å². The van der Waals surface area contributed by atoms with E-state index in [4.69, 9.17) is 5.73 Å². The van der Waals surface area contributed by atoms with Gasteiger partial charge in [0.25, 0.3) is 0 Å². The number of rotatable bonds is 3. The summed E-state index contributed by atoms with van der Waals surface area (Å²) in [4.78, 5) is 11.3. The molecule has 0 aliphatic heterocycles. The predicted octanol–water partition coefficient (Wildman–Crippen LogP) is 0.392. The van der Waals surface area contributed by atoms with E-state index in [1.807, 2.05) is 0 Å². The summed E-state index contributed by atoms with van der Waals surface area (Å²) in [5.41, 5.74) is 5.66. The van der Waals surface area contributed by atoms with Gasteiger partial charge < -0.3 is 11.1 Å². The molecule has 3 N–H and O–H groups in total. The first kappa shape index (κ1) is 8.05. The monoisotopic (exact) mass is 168 g/mol. The second-order valence-electron chi connectivity index (χ2n) is 4.21. The highest BCUT2D eigenvalue weighted by Crippen LogP contribution is 2.53. The molecule has 2 rings (SSSR count). The van der Waals surface area contributed by atoms with Crippen molar-refractivity contribution >= 4 is 5.91 Å². The Bertz CT molecular complexity index is 205. The maximum Gasteiger partial charge on any atom is 0.237 e. The van der Waals surface area contributed by atoms with E-state index in [0.717, 1.165) is 18.8 Å². The van der Waals surface area contributed by atoms with Gasteiger partial charge in [-0.1, -0.05) is 0 Å². The lowest BCUT2D eigenvalue weighted by Gasteiger charge is -2.17. The minimum Gasteiger partial charge on any atom is -0.349 e. The van der Waals surface area contributed by atoms with Gasteiger partial charge in [-0.25, -0.2) is 0 Å². The Labute approximate surface area is 72.7 Å². The van der Waals surface area contributed by atoms with Crippen LogP contribution in [-0.4, -0.2) is 17.5 Å². The zero-order chi connectivity index (χ0) is 8.77. The first-order valence-corrected chi connectivity index (χ1v) is 4.72. The average Bonchev–Trinajstić information content (AvgIpc) is 2.82. The highest BCUT2D eigenvalue weighted by molar-refractivity contribution is 5.82. The van der Waals surface area contributed by atoms with Crippen molar-refractivity contribution in [2.45, 2.75) is 44.2 Å². The molecule has 3 heteroatoms. The highest BCUT2D eigenvalue weighted by Gasteiger charge is 2.54. The molecule has 3 nitrogen and oxygen atoms in total. The Morgan fingerprint density at radius 1 is 1.58 bits per heavy atom. The van der Waals surface area contributed by atoms with E-state index in [9.17, 15) is 4.79 Å². The summed E-state index contributed by atoms with van der Waals surface area (Å²) < 4.78 is 0. The van der Waals surface area contributed by atoms with Gasteiger partial charge in [0.2, 0.25) is 5.91 Å². The number of amides is 1. The standard InChI is InChI=1S/C9H16N2O/c1-6(10)8(12)11-9(4-5-9)7-2-3-7/h6-7H,2-5,10H2,1H3,(H,11,12). The molecule has 0 bridgehead atoms. The Balaban J connectivity index is 1.89. The van der Waals surface area contributed by atoms with Crippen LogP contribution < -0.4 is 11.1 Å². The van der Waals surface area contributed by atoms with Crippen molar-refractivity contribution in [2.24, 2.45) is 11.7 Å². The maximum absolute atomic E-state index is 11.3. The first-order valence-electron chi connectivity index (χ1n) is 4.72. The van der Waals surface area contributed by atoms with E-state index >= 15 is 0 Å². The third-order valence-electron chi connectivity index (χ3n) is 2.93. The van der Waals surface area contributed by atoms with E-state index in [1.165, 1.54) is 12.8 Å². The first-order chi connectivity index (χ1) is 5.64. The summed E-state index contributed by atoms with van der Waals surface area (Å²) in [6.45, 7) is 1.73. The van der Waals surface area contributed by atoms with E-state index in [1.54, 1.807) is 6.92 Å². The SMILES string of the molecule is CC(N)C(=O)NC1(C2CC2)CC1. The molecule has 0 aromatic rings. The molecule has 12 heavy (non-hydrogen) atoms. The summed E-state index contributed by atoms with van der Waals surface area (Å²) >= 11 is 0. The Morgan fingerprint density at radius 3 is 2.50 bits per heavy atom. The topological polar surface area (TPSA) is 55.1 Å². The van der Waals surface area contributed by atoms with E-state index in [-0.39, 0.29) is 17.5 Å². The van der Waals surface area contributed by atoms with Crippen LogP contribution in [0.4, 0.5) is 0 Å². The number of nitrogens with one attached hydrogen (secondary N) is 1. The van der Waals surface area contributed by atoms with E-state index in [2.05, 4.69) is 5.32 Å². The van der Waals surface area contributed by atoms with Gasteiger partial charge in [-0.3, -0.25) is 4.79 Å². The quantitative estimate of drug-likeness (QED) is 0.640. The van der Waals surface area contributed by atoms with Gasteiger partial charge in [-0.2, -0.15) is 0 Å². The summed E-state index contributed by atoms with van der Waals surface area (Å²) in [5.74, 6) is 0.777. The number of hydrogen-bond donors (Lipinski definition) is 2. The molecular formula is C9H16N2O. The van der Waals surface area contributed by atoms with Crippen molar-refractivity contribution < 1.29 is 4.79 Å². The van der Waals surface area contributed by atoms with Crippen LogP contribution in [0.3, 0.4) is 0 Å². The van der Waals surface area contributed by atoms with Crippen LogP contribution in [0.2, 0.25) is 0 Å². The maximum atomic E-state index is 11.3. The largest absolute Gasteiger partial charge is 0.349 e. The summed E-state index contributed by atoms with van der Waals surface area (Å²) in [7, 11) is 0. The minimum atomic E-state index is -0.360. The molecule has 2 aliphatic carbocycles. The smallest absolute Gasteiger partial charge is 0.237 e. The van der Waals surface area contributed by atoms with Gasteiger partial charge in [-0.05, 0) is 38.5 Å². The molecule has 1 unspecified atom stereocenters. The van der Waals surface area contributed by atoms with Crippen LogP contribution in [0.1, 0.15) is 32.6 Å². The second kappa shape index (κ2) is 2.46. The molecule has 0 aromatic carbocycles. The number of carbonyl (C=O) groups is 1. The molecule has 2 saturated carbocycles. The Hall–Kier alpha value is -0.570. The zero-order valence-corrected chi connectivity index (χ0v) is 7.47. The zero-order valence-electron chi connectivity index (χ0n) is 7.47. The fourth-order valence-electron chi connectivity index (χ4n) is 1.77. The molecule has 0 aromatic heterocycles. The van der Waals surface area contributed by atoms with Gasteiger partial charge in [-0.15, -0.1) is 0 Å². The minimum absolute atomic E-state index is 0.0133. The van der Waals surface area contributed by atoms with E-state index < -0.39 is 0 Å². The third-order valence-corrected chi connectivity index (χ3v) is 2.93. The Morgan fingerprint density at radius 2 is 2.17 bits per heavy atom. The lowest BCUT2D eigenvalue weighted by atomic mass is 10.1. The third kappa shape index (κ3) is 1.33. The molecule has 0 spiro atoms.